The summed E-state index contributed by atoms with van der Waals surface area (Å²) < 4.78 is 13.5. The van der Waals surface area contributed by atoms with Crippen molar-refractivity contribution in [1.82, 2.24) is 0 Å². The Morgan fingerprint density at radius 3 is 2.58 bits per heavy atom. The Labute approximate surface area is 126 Å². The van der Waals surface area contributed by atoms with Gasteiger partial charge in [-0.1, -0.05) is 57.4 Å². The zero-order chi connectivity index (χ0) is 14.0. The molecular formula is C16H15BrClF. The maximum atomic E-state index is 13.5. The molecule has 0 heterocycles. The summed E-state index contributed by atoms with van der Waals surface area (Å²) >= 11 is 9.33. The molecule has 1 unspecified atom stereocenters. The van der Waals surface area contributed by atoms with Gasteiger partial charge in [-0.2, -0.15) is 0 Å². The van der Waals surface area contributed by atoms with Gasteiger partial charge in [-0.3, -0.25) is 0 Å². The summed E-state index contributed by atoms with van der Waals surface area (Å²) in [7, 11) is 0. The molecule has 3 heteroatoms. The first-order valence-corrected chi connectivity index (χ1v) is 7.42. The summed E-state index contributed by atoms with van der Waals surface area (Å²) in [5.74, 6) is -0.371. The van der Waals surface area contributed by atoms with Crippen molar-refractivity contribution in [1.29, 1.82) is 0 Å². The molecule has 0 aliphatic heterocycles. The highest BCUT2D eigenvalue weighted by Crippen LogP contribution is 2.30. The Hall–Kier alpha value is -0.860. The molecule has 0 aliphatic carbocycles. The zero-order valence-electron chi connectivity index (χ0n) is 10.9. The highest BCUT2D eigenvalue weighted by Gasteiger charge is 2.12. The van der Waals surface area contributed by atoms with Crippen LogP contribution in [-0.4, -0.2) is 0 Å². The van der Waals surface area contributed by atoms with Gasteiger partial charge in [0.15, 0.2) is 0 Å². The average Bonchev–Trinajstić information content (AvgIpc) is 2.37. The number of benzene rings is 2. The van der Waals surface area contributed by atoms with Gasteiger partial charge in [0.2, 0.25) is 0 Å². The molecule has 0 fully saturated rings. The molecule has 1 atom stereocenters. The Morgan fingerprint density at radius 2 is 1.89 bits per heavy atom. The normalized spacial score (nSPS) is 12.5. The standard InChI is InChI=1S/C16H15BrClF/c1-10-3-4-11(2)13(7-10)8-14(17)12-5-6-15(18)16(19)9-12/h3-7,9,14H,8H2,1-2H3. The smallest absolute Gasteiger partial charge is 0.142 e. The molecule has 100 valence electrons. The van der Waals surface area contributed by atoms with E-state index in [-0.39, 0.29) is 15.7 Å². The molecule has 2 rings (SSSR count). The molecule has 0 spiro atoms. The van der Waals surface area contributed by atoms with Gasteiger partial charge in [0.25, 0.3) is 0 Å². The van der Waals surface area contributed by atoms with E-state index < -0.39 is 0 Å². The maximum absolute atomic E-state index is 13.5. The highest BCUT2D eigenvalue weighted by atomic mass is 79.9. The molecule has 0 radical (unpaired) electrons. The first-order chi connectivity index (χ1) is 8.97. The molecule has 0 aliphatic rings. The van der Waals surface area contributed by atoms with Crippen LogP contribution in [0.4, 0.5) is 4.39 Å². The van der Waals surface area contributed by atoms with E-state index in [2.05, 4.69) is 48.0 Å². The lowest BCUT2D eigenvalue weighted by Crippen LogP contribution is -1.99. The summed E-state index contributed by atoms with van der Waals surface area (Å²) in [4.78, 5) is 0.0831. The van der Waals surface area contributed by atoms with Crippen molar-refractivity contribution >= 4 is 27.5 Å². The molecule has 19 heavy (non-hydrogen) atoms. The van der Waals surface area contributed by atoms with Crippen LogP contribution < -0.4 is 0 Å². The largest absolute Gasteiger partial charge is 0.205 e. The van der Waals surface area contributed by atoms with E-state index in [9.17, 15) is 4.39 Å². The molecule has 0 saturated carbocycles. The Morgan fingerprint density at radius 1 is 1.16 bits per heavy atom. The number of aryl methyl sites for hydroxylation is 2. The summed E-state index contributed by atoms with van der Waals surface area (Å²) in [6.45, 7) is 4.17. The van der Waals surface area contributed by atoms with Crippen LogP contribution in [-0.2, 0) is 6.42 Å². The second kappa shape index (κ2) is 6.06. The van der Waals surface area contributed by atoms with E-state index in [0.29, 0.717) is 0 Å². The van der Waals surface area contributed by atoms with Crippen LogP contribution in [0, 0.1) is 19.7 Å². The first-order valence-electron chi connectivity index (χ1n) is 6.12. The lowest BCUT2D eigenvalue weighted by atomic mass is 9.98. The summed E-state index contributed by atoms with van der Waals surface area (Å²) in [6.07, 6.45) is 0.828. The van der Waals surface area contributed by atoms with Crippen molar-refractivity contribution in [2.75, 3.05) is 0 Å². The van der Waals surface area contributed by atoms with E-state index in [1.807, 2.05) is 6.07 Å². The second-order valence-electron chi connectivity index (χ2n) is 4.78. The van der Waals surface area contributed by atoms with Crippen molar-refractivity contribution in [3.05, 3.63) is 69.5 Å². The second-order valence-corrected chi connectivity index (χ2v) is 6.29. The molecule has 0 amide bonds. The van der Waals surface area contributed by atoms with Crippen molar-refractivity contribution < 1.29 is 4.39 Å². The number of halogens is 3. The molecule has 2 aromatic rings. The fraction of sp³-hybridized carbons (Fsp3) is 0.250. The van der Waals surface area contributed by atoms with Crippen molar-refractivity contribution in [2.45, 2.75) is 25.1 Å². The van der Waals surface area contributed by atoms with Crippen molar-refractivity contribution in [3.8, 4) is 0 Å². The van der Waals surface area contributed by atoms with Gasteiger partial charge < -0.3 is 0 Å². The third-order valence-corrected chi connectivity index (χ3v) is 4.37. The topological polar surface area (TPSA) is 0 Å². The van der Waals surface area contributed by atoms with Gasteiger partial charge >= 0.3 is 0 Å². The lowest BCUT2D eigenvalue weighted by molar-refractivity contribution is 0.625. The minimum atomic E-state index is -0.371. The predicted octanol–water partition coefficient (Wildman–Crippen LogP) is 5.77. The SMILES string of the molecule is Cc1ccc(C)c(CC(Br)c2ccc(Cl)c(F)c2)c1. The van der Waals surface area contributed by atoms with E-state index in [4.69, 9.17) is 11.6 Å². The summed E-state index contributed by atoms with van der Waals surface area (Å²) in [5.41, 5.74) is 4.67. The molecule has 0 N–H and O–H groups in total. The summed E-state index contributed by atoms with van der Waals surface area (Å²) in [6, 6.07) is 11.3. The van der Waals surface area contributed by atoms with Crippen LogP contribution >= 0.6 is 27.5 Å². The number of rotatable bonds is 3. The quantitative estimate of drug-likeness (QED) is 0.621. The fourth-order valence-electron chi connectivity index (χ4n) is 2.04. The van der Waals surface area contributed by atoms with Crippen LogP contribution in [0.2, 0.25) is 5.02 Å². The van der Waals surface area contributed by atoms with Gasteiger partial charge in [-0.05, 0) is 49.1 Å². The van der Waals surface area contributed by atoms with E-state index >= 15 is 0 Å². The van der Waals surface area contributed by atoms with E-state index in [1.165, 1.54) is 22.8 Å². The Kier molecular flexibility index (Phi) is 4.64. The number of alkyl halides is 1. The molecular weight excluding hydrogens is 327 g/mol. The maximum Gasteiger partial charge on any atom is 0.142 e. The van der Waals surface area contributed by atoms with Gasteiger partial charge in [-0.15, -0.1) is 0 Å². The van der Waals surface area contributed by atoms with Crippen LogP contribution in [0.1, 0.15) is 27.1 Å². The zero-order valence-corrected chi connectivity index (χ0v) is 13.2. The minimum Gasteiger partial charge on any atom is -0.205 e. The molecule has 0 aromatic heterocycles. The fourth-order valence-corrected chi connectivity index (χ4v) is 2.79. The van der Waals surface area contributed by atoms with Crippen molar-refractivity contribution in [3.63, 3.8) is 0 Å². The van der Waals surface area contributed by atoms with Gasteiger partial charge in [-0.25, -0.2) is 4.39 Å². The minimum absolute atomic E-state index is 0.0831. The molecule has 2 aromatic carbocycles. The Balaban J connectivity index is 2.22. The van der Waals surface area contributed by atoms with Crippen LogP contribution in [0.5, 0.6) is 0 Å². The number of hydrogen-bond acceptors (Lipinski definition) is 0. The van der Waals surface area contributed by atoms with Crippen molar-refractivity contribution in [2.24, 2.45) is 0 Å². The average molecular weight is 342 g/mol. The van der Waals surface area contributed by atoms with Crippen LogP contribution in [0.25, 0.3) is 0 Å². The number of hydrogen-bond donors (Lipinski definition) is 0. The monoisotopic (exact) mass is 340 g/mol. The summed E-state index contributed by atoms with van der Waals surface area (Å²) in [5, 5.41) is 0.162. The third-order valence-electron chi connectivity index (χ3n) is 3.21. The highest BCUT2D eigenvalue weighted by molar-refractivity contribution is 9.09. The van der Waals surface area contributed by atoms with Gasteiger partial charge in [0.05, 0.1) is 5.02 Å². The molecule has 0 bridgehead atoms. The van der Waals surface area contributed by atoms with Crippen LogP contribution in [0.3, 0.4) is 0 Å². The lowest BCUT2D eigenvalue weighted by Gasteiger charge is -2.13. The van der Waals surface area contributed by atoms with E-state index in [1.54, 1.807) is 6.07 Å². The third kappa shape index (κ3) is 3.58. The predicted molar refractivity (Wildman–Crippen MR) is 82.7 cm³/mol. The van der Waals surface area contributed by atoms with E-state index in [0.717, 1.165) is 12.0 Å². The van der Waals surface area contributed by atoms with Gasteiger partial charge in [0.1, 0.15) is 5.82 Å². The first kappa shape index (κ1) is 14.5. The molecule has 0 nitrogen and oxygen atoms in total. The molecule has 0 saturated heterocycles. The Bertz CT molecular complexity index is 595. The van der Waals surface area contributed by atoms with Crippen LogP contribution in [0.15, 0.2) is 36.4 Å². The van der Waals surface area contributed by atoms with Gasteiger partial charge in [0, 0.05) is 4.83 Å².